The smallest absolute Gasteiger partial charge is 0.297 e. The summed E-state index contributed by atoms with van der Waals surface area (Å²) >= 11 is 0. The van der Waals surface area contributed by atoms with Crippen molar-refractivity contribution in [3.63, 3.8) is 0 Å². The van der Waals surface area contributed by atoms with Crippen LogP contribution in [0.4, 0.5) is 34.1 Å². The van der Waals surface area contributed by atoms with Crippen LogP contribution in [0.15, 0.2) is 83.3 Å². The molecule has 6 aromatic rings. The van der Waals surface area contributed by atoms with Crippen LogP contribution in [-0.2, 0) is 32.5 Å². The Kier molecular flexibility index (Phi) is 9.24. The second-order valence-corrected chi connectivity index (χ2v) is 25.5. The number of furan rings is 1. The number of hydrogen-bond donors (Lipinski definition) is 0. The average Bonchev–Trinajstić information content (AvgIpc) is 3.59. The molecule has 5 aromatic carbocycles. The van der Waals surface area contributed by atoms with E-state index >= 15 is 0 Å². The van der Waals surface area contributed by atoms with Gasteiger partial charge in [0.25, 0.3) is 6.71 Å². The predicted molar refractivity (Wildman–Crippen MR) is 277 cm³/mol. The number of aryl methyl sites for hydroxylation is 1. The highest BCUT2D eigenvalue weighted by molar-refractivity contribution is 7.00. The highest BCUT2D eigenvalue weighted by Crippen LogP contribution is 2.54. The first-order valence-electron chi connectivity index (χ1n) is 24.5. The topological polar surface area (TPSA) is 19.6 Å². The van der Waals surface area contributed by atoms with Crippen LogP contribution in [0.2, 0.25) is 0 Å². The van der Waals surface area contributed by atoms with E-state index in [9.17, 15) is 0 Å². The lowest BCUT2D eigenvalue weighted by Crippen LogP contribution is -2.61. The Morgan fingerprint density at radius 1 is 0.547 bits per heavy atom. The van der Waals surface area contributed by atoms with Crippen LogP contribution < -0.4 is 26.4 Å². The Morgan fingerprint density at radius 3 is 1.70 bits per heavy atom. The fraction of sp³-hybridized carbons (Fsp3) is 0.467. The Hall–Kier alpha value is -4.70. The normalized spacial score (nSPS) is 19.0. The van der Waals surface area contributed by atoms with Gasteiger partial charge >= 0.3 is 0 Å². The van der Waals surface area contributed by atoms with Crippen LogP contribution in [0.3, 0.4) is 0 Å². The molecule has 0 fully saturated rings. The molecule has 3 heterocycles. The zero-order valence-electron chi connectivity index (χ0n) is 42.3. The Labute approximate surface area is 386 Å². The van der Waals surface area contributed by atoms with Gasteiger partial charge < -0.3 is 14.2 Å². The van der Waals surface area contributed by atoms with Crippen molar-refractivity contribution in [1.29, 1.82) is 0 Å². The number of benzene rings is 5. The van der Waals surface area contributed by atoms with Crippen LogP contribution in [0.1, 0.15) is 187 Å². The molecule has 1 aromatic heterocycles. The Bertz CT molecular complexity index is 2920. The molecule has 64 heavy (non-hydrogen) atoms. The second-order valence-electron chi connectivity index (χ2n) is 25.5. The van der Waals surface area contributed by atoms with E-state index in [1.807, 2.05) is 0 Å². The lowest BCUT2D eigenvalue weighted by Gasteiger charge is -2.46. The van der Waals surface area contributed by atoms with Gasteiger partial charge in [0.15, 0.2) is 0 Å². The second kappa shape index (κ2) is 13.7. The molecule has 0 amide bonds. The van der Waals surface area contributed by atoms with E-state index in [2.05, 4.69) is 206 Å². The first-order valence-corrected chi connectivity index (χ1v) is 24.5. The quantitative estimate of drug-likeness (QED) is 0.165. The van der Waals surface area contributed by atoms with Gasteiger partial charge in [0.05, 0.1) is 11.3 Å². The maximum absolute atomic E-state index is 7.43. The number of hydrogen-bond acceptors (Lipinski definition) is 3. The van der Waals surface area contributed by atoms with Crippen LogP contribution in [0, 0.1) is 6.92 Å². The molecule has 2 aliphatic carbocycles. The molecule has 2 aliphatic heterocycles. The summed E-state index contributed by atoms with van der Waals surface area (Å²) in [4.78, 5) is 5.30. The molecule has 4 aliphatic rings. The summed E-state index contributed by atoms with van der Waals surface area (Å²) in [6.45, 7) is 40.7. The molecule has 0 atom stereocenters. The lowest BCUT2D eigenvalue weighted by atomic mass is 9.35. The molecule has 332 valence electrons. The lowest BCUT2D eigenvalue weighted by molar-refractivity contribution is 0.332. The molecule has 4 heteroatoms. The summed E-state index contributed by atoms with van der Waals surface area (Å²) in [7, 11) is 0. The van der Waals surface area contributed by atoms with Crippen molar-refractivity contribution in [1.82, 2.24) is 0 Å². The third kappa shape index (κ3) is 6.41. The molecule has 0 bridgehead atoms. The maximum Gasteiger partial charge on any atom is 0.297 e. The van der Waals surface area contributed by atoms with Crippen molar-refractivity contribution in [3.8, 4) is 0 Å². The number of fused-ring (bicyclic) bond motifs is 8. The van der Waals surface area contributed by atoms with E-state index < -0.39 is 0 Å². The molecular weight excluding hydrogens is 775 g/mol. The summed E-state index contributed by atoms with van der Waals surface area (Å²) < 4.78 is 7.43. The minimum Gasteiger partial charge on any atom is -0.468 e. The molecule has 0 spiro atoms. The number of rotatable bonds is 3. The van der Waals surface area contributed by atoms with Gasteiger partial charge in [-0.3, -0.25) is 0 Å². The van der Waals surface area contributed by atoms with E-state index in [0.717, 1.165) is 11.2 Å². The minimum absolute atomic E-state index is 0.0234. The minimum atomic E-state index is -0.114. The van der Waals surface area contributed by atoms with Gasteiger partial charge in [-0.15, -0.1) is 0 Å². The maximum atomic E-state index is 7.43. The van der Waals surface area contributed by atoms with Gasteiger partial charge in [-0.1, -0.05) is 141 Å². The Morgan fingerprint density at radius 2 is 1.11 bits per heavy atom. The number of nitrogens with zero attached hydrogens (tertiary/aromatic N) is 2. The molecule has 10 rings (SSSR count). The van der Waals surface area contributed by atoms with E-state index in [-0.39, 0.29) is 39.2 Å². The van der Waals surface area contributed by atoms with E-state index in [1.54, 1.807) is 0 Å². The van der Waals surface area contributed by atoms with E-state index in [1.165, 1.54) is 121 Å². The summed E-state index contributed by atoms with van der Waals surface area (Å²) in [5, 5.41) is 1.19. The van der Waals surface area contributed by atoms with E-state index in [4.69, 9.17) is 4.42 Å². The standard InChI is InChI=1S/C60H73BN2O/c1-35(2)37-18-22-47-46(29-37)61-52-49(31-39(56(7,8)9)32-50(52)63(47)48-34-45-43(28-36(48)3)58(12,13)26-27-60(45,16)17)62(40-20-21-42-44(33-40)59(14,15)25-24-57(42,10)11)53-41-30-38(55(4,5)6)19-23-51(41)64-54(53)61/h18-23,28-35H,24-27H2,1-17H3. The first-order chi connectivity index (χ1) is 29.7. The van der Waals surface area contributed by atoms with Crippen molar-refractivity contribution in [2.24, 2.45) is 0 Å². The van der Waals surface area contributed by atoms with Crippen LogP contribution >= 0.6 is 0 Å². The summed E-state index contributed by atoms with van der Waals surface area (Å²) in [5.74, 6) is 0.379. The molecule has 0 saturated heterocycles. The van der Waals surface area contributed by atoms with Crippen molar-refractivity contribution in [2.45, 2.75) is 182 Å². The van der Waals surface area contributed by atoms with Crippen LogP contribution in [0.5, 0.6) is 0 Å². The molecule has 3 nitrogen and oxygen atoms in total. The van der Waals surface area contributed by atoms with Gasteiger partial charge in [-0.05, 0) is 175 Å². The third-order valence-electron chi connectivity index (χ3n) is 16.6. The van der Waals surface area contributed by atoms with Gasteiger partial charge in [-0.25, -0.2) is 0 Å². The molecule has 0 radical (unpaired) electrons. The molecule has 0 N–H and O–H groups in total. The van der Waals surface area contributed by atoms with Crippen molar-refractivity contribution >= 4 is 68.4 Å². The molecule has 0 unspecified atom stereocenters. The van der Waals surface area contributed by atoms with Crippen molar-refractivity contribution < 1.29 is 4.42 Å². The zero-order valence-corrected chi connectivity index (χ0v) is 42.3. The summed E-state index contributed by atoms with van der Waals surface area (Å²) in [6.07, 6.45) is 4.73. The van der Waals surface area contributed by atoms with Gasteiger partial charge in [0, 0.05) is 33.8 Å². The monoisotopic (exact) mass is 849 g/mol. The van der Waals surface area contributed by atoms with Crippen LogP contribution in [-0.4, -0.2) is 6.71 Å². The van der Waals surface area contributed by atoms with Gasteiger partial charge in [0.2, 0.25) is 0 Å². The van der Waals surface area contributed by atoms with Crippen molar-refractivity contribution in [2.75, 3.05) is 9.80 Å². The fourth-order valence-corrected chi connectivity index (χ4v) is 12.0. The molecular formula is C60H73BN2O. The highest BCUT2D eigenvalue weighted by atomic mass is 16.3. The largest absolute Gasteiger partial charge is 0.468 e. The average molecular weight is 849 g/mol. The Balaban J connectivity index is 1.36. The third-order valence-corrected chi connectivity index (χ3v) is 16.6. The predicted octanol–water partition coefficient (Wildman–Crippen LogP) is 15.2. The summed E-state index contributed by atoms with van der Waals surface area (Å²) in [5.41, 5.74) is 23.6. The SMILES string of the molecule is Cc1cc2c(cc1N1c3ccc(C(C)C)cc3B3c4oc5ccc(C(C)(C)C)cc5c4N(c4ccc5c(c4)C(C)(C)CCC5(C)C)c4cc(C(C)(C)C)cc1c43)C(C)(C)CCC2(C)C. The van der Waals surface area contributed by atoms with Crippen LogP contribution in [0.25, 0.3) is 11.0 Å². The highest BCUT2D eigenvalue weighted by Gasteiger charge is 2.49. The zero-order chi connectivity index (χ0) is 46.0. The first kappa shape index (κ1) is 43.2. The van der Waals surface area contributed by atoms with E-state index in [0.29, 0.717) is 5.92 Å². The molecule has 0 saturated carbocycles. The fourth-order valence-electron chi connectivity index (χ4n) is 12.0. The summed E-state index contributed by atoms with van der Waals surface area (Å²) in [6, 6.07) is 32.0. The number of anilines is 6. The van der Waals surface area contributed by atoms with Gasteiger partial charge in [-0.2, -0.15) is 0 Å². The van der Waals surface area contributed by atoms with Crippen molar-refractivity contribution in [3.05, 3.63) is 123 Å². The van der Waals surface area contributed by atoms with Gasteiger partial charge in [0.1, 0.15) is 5.58 Å².